The summed E-state index contributed by atoms with van der Waals surface area (Å²) in [6.07, 6.45) is 6.79. The molecule has 2 fully saturated rings. The highest BCUT2D eigenvalue weighted by Gasteiger charge is 2.31. The van der Waals surface area contributed by atoms with E-state index in [9.17, 15) is 4.79 Å². The van der Waals surface area contributed by atoms with Gasteiger partial charge in [-0.2, -0.15) is 0 Å². The van der Waals surface area contributed by atoms with Crippen molar-refractivity contribution in [3.05, 3.63) is 17.7 Å². The van der Waals surface area contributed by atoms with Crippen LogP contribution >= 0.6 is 0 Å². The quantitative estimate of drug-likeness (QED) is 0.919. The van der Waals surface area contributed by atoms with Gasteiger partial charge in [-0.15, -0.1) is 0 Å². The fourth-order valence-electron chi connectivity index (χ4n) is 3.31. The van der Waals surface area contributed by atoms with Crippen LogP contribution in [0.5, 0.6) is 0 Å². The van der Waals surface area contributed by atoms with Crippen molar-refractivity contribution in [2.75, 3.05) is 39.4 Å². The van der Waals surface area contributed by atoms with Gasteiger partial charge in [-0.3, -0.25) is 9.69 Å². The molecule has 1 unspecified atom stereocenters. The van der Waals surface area contributed by atoms with E-state index in [-0.39, 0.29) is 11.9 Å². The second kappa shape index (κ2) is 7.24. The Bertz CT molecular complexity index is 494. The van der Waals surface area contributed by atoms with Gasteiger partial charge < -0.3 is 14.6 Å². The van der Waals surface area contributed by atoms with E-state index in [0.717, 1.165) is 24.6 Å². The number of hydrogen-bond acceptors (Lipinski definition) is 4. The molecule has 1 atom stereocenters. The molecule has 6 heteroatoms. The lowest BCUT2D eigenvalue weighted by Crippen LogP contribution is -2.48. The van der Waals surface area contributed by atoms with Gasteiger partial charge in [0.05, 0.1) is 19.8 Å². The normalized spacial score (nSPS) is 24.2. The average molecular weight is 306 g/mol. The third kappa shape index (κ3) is 3.67. The average Bonchev–Trinajstić information content (AvgIpc) is 2.80. The molecular formula is C16H26N4O2. The van der Waals surface area contributed by atoms with Crippen molar-refractivity contribution in [3.8, 4) is 0 Å². The Labute approximate surface area is 131 Å². The SMILES string of the molecule is Cc1cnc(C2COCCN2C(=O)CN2CCCCCC2)[nH]1. The number of likely N-dealkylation sites (tertiary alicyclic amines) is 1. The van der Waals surface area contributed by atoms with Crippen molar-refractivity contribution in [2.45, 2.75) is 38.6 Å². The maximum absolute atomic E-state index is 12.8. The summed E-state index contributed by atoms with van der Waals surface area (Å²) >= 11 is 0. The Balaban J connectivity index is 1.65. The molecule has 0 bridgehead atoms. The van der Waals surface area contributed by atoms with Gasteiger partial charge in [0.2, 0.25) is 5.91 Å². The molecule has 2 aliphatic heterocycles. The maximum atomic E-state index is 12.8. The number of aromatic amines is 1. The van der Waals surface area contributed by atoms with Crippen molar-refractivity contribution in [1.82, 2.24) is 19.8 Å². The molecule has 22 heavy (non-hydrogen) atoms. The van der Waals surface area contributed by atoms with Gasteiger partial charge in [-0.25, -0.2) is 4.98 Å². The monoisotopic (exact) mass is 306 g/mol. The molecule has 122 valence electrons. The number of aromatic nitrogens is 2. The summed E-state index contributed by atoms with van der Waals surface area (Å²) in [4.78, 5) is 24.6. The minimum absolute atomic E-state index is 0.0815. The Hall–Kier alpha value is -1.40. The number of aryl methyl sites for hydroxylation is 1. The lowest BCUT2D eigenvalue weighted by Gasteiger charge is -2.35. The van der Waals surface area contributed by atoms with E-state index in [1.165, 1.54) is 25.7 Å². The standard InChI is InChI=1S/C16H26N4O2/c1-13-10-17-16(18-13)14-12-22-9-8-20(14)15(21)11-19-6-4-2-3-5-7-19/h10,14H,2-9,11-12H2,1H3,(H,17,18). The minimum Gasteiger partial charge on any atom is -0.377 e. The van der Waals surface area contributed by atoms with E-state index in [1.54, 1.807) is 6.20 Å². The first-order valence-corrected chi connectivity index (χ1v) is 8.35. The number of imidazole rings is 1. The van der Waals surface area contributed by atoms with Crippen molar-refractivity contribution >= 4 is 5.91 Å². The van der Waals surface area contributed by atoms with E-state index in [2.05, 4.69) is 14.9 Å². The molecule has 1 N–H and O–H groups in total. The molecule has 1 amide bonds. The zero-order valence-electron chi connectivity index (χ0n) is 13.4. The largest absolute Gasteiger partial charge is 0.377 e. The molecule has 0 saturated carbocycles. The van der Waals surface area contributed by atoms with Gasteiger partial charge >= 0.3 is 0 Å². The van der Waals surface area contributed by atoms with E-state index < -0.39 is 0 Å². The fraction of sp³-hybridized carbons (Fsp3) is 0.750. The molecule has 2 saturated heterocycles. The maximum Gasteiger partial charge on any atom is 0.237 e. The Morgan fingerprint density at radius 3 is 2.77 bits per heavy atom. The molecule has 0 spiro atoms. The van der Waals surface area contributed by atoms with E-state index in [1.807, 2.05) is 11.8 Å². The number of ether oxygens (including phenoxy) is 1. The molecule has 1 aromatic heterocycles. The number of carbonyl (C=O) groups excluding carboxylic acids is 1. The van der Waals surface area contributed by atoms with Crippen molar-refractivity contribution < 1.29 is 9.53 Å². The van der Waals surface area contributed by atoms with Crippen LogP contribution in [0.2, 0.25) is 0 Å². The molecular weight excluding hydrogens is 280 g/mol. The highest BCUT2D eigenvalue weighted by Crippen LogP contribution is 2.22. The second-order valence-electron chi connectivity index (χ2n) is 6.32. The zero-order valence-corrected chi connectivity index (χ0v) is 13.4. The summed E-state index contributed by atoms with van der Waals surface area (Å²) in [5, 5.41) is 0. The molecule has 6 nitrogen and oxygen atoms in total. The Morgan fingerprint density at radius 2 is 2.09 bits per heavy atom. The summed E-state index contributed by atoms with van der Waals surface area (Å²) < 4.78 is 5.57. The van der Waals surface area contributed by atoms with Crippen molar-refractivity contribution in [3.63, 3.8) is 0 Å². The first-order valence-electron chi connectivity index (χ1n) is 8.35. The van der Waals surface area contributed by atoms with Crippen LogP contribution in [0.3, 0.4) is 0 Å². The van der Waals surface area contributed by atoms with Crippen LogP contribution in [0.15, 0.2) is 6.20 Å². The number of morpholine rings is 1. The molecule has 0 aromatic carbocycles. The zero-order chi connectivity index (χ0) is 15.4. The molecule has 3 heterocycles. The van der Waals surface area contributed by atoms with Crippen LogP contribution < -0.4 is 0 Å². The van der Waals surface area contributed by atoms with Crippen LogP contribution in [0.1, 0.15) is 43.2 Å². The Morgan fingerprint density at radius 1 is 1.32 bits per heavy atom. The topological polar surface area (TPSA) is 61.5 Å². The van der Waals surface area contributed by atoms with Gasteiger partial charge in [-0.05, 0) is 32.9 Å². The number of amides is 1. The highest BCUT2D eigenvalue weighted by molar-refractivity contribution is 5.78. The van der Waals surface area contributed by atoms with E-state index in [4.69, 9.17) is 4.74 Å². The summed E-state index contributed by atoms with van der Waals surface area (Å²) in [7, 11) is 0. The van der Waals surface area contributed by atoms with Crippen LogP contribution in [0, 0.1) is 6.92 Å². The van der Waals surface area contributed by atoms with Gasteiger partial charge in [0, 0.05) is 18.4 Å². The molecule has 0 radical (unpaired) electrons. The number of rotatable bonds is 3. The van der Waals surface area contributed by atoms with Gasteiger partial charge in [-0.1, -0.05) is 12.8 Å². The highest BCUT2D eigenvalue weighted by atomic mass is 16.5. The number of H-pyrrole nitrogens is 1. The predicted octanol–water partition coefficient (Wildman–Crippen LogP) is 1.49. The third-order valence-electron chi connectivity index (χ3n) is 4.54. The summed E-state index contributed by atoms with van der Waals surface area (Å²) in [6.45, 7) is 6.37. The lowest BCUT2D eigenvalue weighted by molar-refractivity contribution is -0.141. The molecule has 2 aliphatic rings. The number of hydrogen-bond donors (Lipinski definition) is 1. The fourth-order valence-corrected chi connectivity index (χ4v) is 3.31. The molecule has 0 aliphatic carbocycles. The minimum atomic E-state index is -0.0815. The summed E-state index contributed by atoms with van der Waals surface area (Å²) in [6, 6.07) is -0.0815. The van der Waals surface area contributed by atoms with Crippen LogP contribution in [0.25, 0.3) is 0 Å². The smallest absolute Gasteiger partial charge is 0.237 e. The van der Waals surface area contributed by atoms with Crippen LogP contribution in [0.4, 0.5) is 0 Å². The summed E-state index contributed by atoms with van der Waals surface area (Å²) in [5.74, 6) is 1.03. The Kier molecular flexibility index (Phi) is 5.10. The number of carbonyl (C=O) groups is 1. The van der Waals surface area contributed by atoms with Gasteiger partial charge in [0.15, 0.2) is 0 Å². The predicted molar refractivity (Wildman–Crippen MR) is 83.5 cm³/mol. The van der Waals surface area contributed by atoms with Gasteiger partial charge in [0.1, 0.15) is 11.9 Å². The first kappa shape index (κ1) is 15.5. The van der Waals surface area contributed by atoms with Crippen molar-refractivity contribution in [2.24, 2.45) is 0 Å². The van der Waals surface area contributed by atoms with Gasteiger partial charge in [0.25, 0.3) is 0 Å². The van der Waals surface area contributed by atoms with Crippen LogP contribution in [-0.4, -0.2) is 65.1 Å². The number of nitrogens with zero attached hydrogens (tertiary/aromatic N) is 3. The van der Waals surface area contributed by atoms with E-state index >= 15 is 0 Å². The third-order valence-corrected chi connectivity index (χ3v) is 4.54. The summed E-state index contributed by atoms with van der Waals surface area (Å²) in [5.41, 5.74) is 1.01. The lowest BCUT2D eigenvalue weighted by atomic mass is 10.2. The second-order valence-corrected chi connectivity index (χ2v) is 6.32. The van der Waals surface area contributed by atoms with E-state index in [0.29, 0.717) is 26.3 Å². The molecule has 3 rings (SSSR count). The van der Waals surface area contributed by atoms with Crippen molar-refractivity contribution in [1.29, 1.82) is 0 Å². The molecule has 1 aromatic rings. The van der Waals surface area contributed by atoms with Crippen LogP contribution in [-0.2, 0) is 9.53 Å². The first-order chi connectivity index (χ1) is 10.7. The number of nitrogens with one attached hydrogen (secondary N) is 1.